The lowest BCUT2D eigenvalue weighted by atomic mass is 10.2. The van der Waals surface area contributed by atoms with E-state index in [1.165, 1.54) is 10.6 Å². The number of aryl methyl sites for hydroxylation is 1. The minimum atomic E-state index is -2.83. The second kappa shape index (κ2) is 6.38. The summed E-state index contributed by atoms with van der Waals surface area (Å²) in [4.78, 5) is 11.8. The van der Waals surface area contributed by atoms with Gasteiger partial charge in [-0.15, -0.1) is 10.2 Å². The van der Waals surface area contributed by atoms with Crippen molar-refractivity contribution in [2.75, 3.05) is 13.7 Å². The molecule has 2 rings (SSSR count). The Bertz CT molecular complexity index is 624. The van der Waals surface area contributed by atoms with Crippen molar-refractivity contribution in [3.05, 3.63) is 34.6 Å². The number of rotatable bonds is 6. The first-order chi connectivity index (χ1) is 9.61. The zero-order valence-corrected chi connectivity index (χ0v) is 10.8. The maximum Gasteiger partial charge on any atom is 0.314 e. The third kappa shape index (κ3) is 3.27. The average molecular weight is 285 g/mol. The Kier molecular flexibility index (Phi) is 4.57. The highest BCUT2D eigenvalue weighted by atomic mass is 19.3. The Morgan fingerprint density at radius 1 is 1.45 bits per heavy atom. The van der Waals surface area contributed by atoms with E-state index in [2.05, 4.69) is 10.2 Å². The molecule has 0 aliphatic rings. The van der Waals surface area contributed by atoms with E-state index >= 15 is 0 Å². The van der Waals surface area contributed by atoms with Crippen molar-refractivity contribution < 1.29 is 17.9 Å². The Labute approximate surface area is 113 Å². The maximum absolute atomic E-state index is 12.3. The van der Waals surface area contributed by atoms with E-state index in [0.717, 1.165) is 0 Å². The van der Waals surface area contributed by atoms with Gasteiger partial charge in [-0.1, -0.05) is 0 Å². The van der Waals surface area contributed by atoms with Crippen LogP contribution in [0, 0.1) is 0 Å². The van der Waals surface area contributed by atoms with Crippen LogP contribution in [0.1, 0.15) is 18.7 Å². The summed E-state index contributed by atoms with van der Waals surface area (Å²) in [5, 5.41) is 6.70. The molecule has 0 aromatic carbocycles. The van der Waals surface area contributed by atoms with Gasteiger partial charge in [-0.3, -0.25) is 4.79 Å². The molecule has 0 spiro atoms. The van der Waals surface area contributed by atoms with Crippen molar-refractivity contribution >= 4 is 0 Å². The lowest BCUT2D eigenvalue weighted by molar-refractivity contribution is 0.116. The Morgan fingerprint density at radius 3 is 2.85 bits per heavy atom. The molecular formula is C12H13F2N3O3. The third-order valence-electron chi connectivity index (χ3n) is 2.62. The fraction of sp³-hybridized carbons (Fsp3) is 0.417. The highest BCUT2D eigenvalue weighted by Crippen LogP contribution is 2.21. The summed E-state index contributed by atoms with van der Waals surface area (Å²) in [5.41, 5.74) is 0.0489. The number of hydrogen-bond acceptors (Lipinski definition) is 5. The Balaban J connectivity index is 2.17. The van der Waals surface area contributed by atoms with Gasteiger partial charge in [0.1, 0.15) is 0 Å². The van der Waals surface area contributed by atoms with Crippen LogP contribution in [0.25, 0.3) is 11.5 Å². The first-order valence-electron chi connectivity index (χ1n) is 5.93. The molecule has 2 aromatic rings. The van der Waals surface area contributed by atoms with Gasteiger partial charge in [0.15, 0.2) is 0 Å². The first-order valence-corrected chi connectivity index (χ1v) is 5.93. The van der Waals surface area contributed by atoms with Crippen LogP contribution in [0.2, 0.25) is 0 Å². The van der Waals surface area contributed by atoms with Crippen molar-refractivity contribution in [3.8, 4) is 11.5 Å². The van der Waals surface area contributed by atoms with Crippen LogP contribution >= 0.6 is 0 Å². The van der Waals surface area contributed by atoms with Crippen LogP contribution in [-0.4, -0.2) is 28.5 Å². The van der Waals surface area contributed by atoms with Crippen LogP contribution in [0.5, 0.6) is 0 Å². The minimum Gasteiger partial charge on any atom is -0.415 e. The zero-order chi connectivity index (χ0) is 14.5. The van der Waals surface area contributed by atoms with Gasteiger partial charge in [0.25, 0.3) is 11.4 Å². The van der Waals surface area contributed by atoms with Crippen LogP contribution < -0.4 is 5.56 Å². The molecule has 0 aliphatic carbocycles. The molecule has 0 radical (unpaired) electrons. The lowest BCUT2D eigenvalue weighted by Crippen LogP contribution is -2.19. The molecule has 0 saturated heterocycles. The standard InChI is InChI=1S/C12H13F2N3O3/c1-19-6-2-4-17-5-3-8(7-9(17)18)11-15-16-12(20-11)10(13)14/h3,5,7,10H,2,4,6H2,1H3. The third-order valence-corrected chi connectivity index (χ3v) is 2.62. The topological polar surface area (TPSA) is 70.2 Å². The second-order valence-electron chi connectivity index (χ2n) is 4.04. The van der Waals surface area contributed by atoms with Crippen LogP contribution in [0.15, 0.2) is 27.5 Å². The average Bonchev–Trinajstić information content (AvgIpc) is 2.90. The number of alkyl halides is 2. The van der Waals surface area contributed by atoms with Crippen molar-refractivity contribution in [1.82, 2.24) is 14.8 Å². The van der Waals surface area contributed by atoms with Crippen molar-refractivity contribution in [3.63, 3.8) is 0 Å². The summed E-state index contributed by atoms with van der Waals surface area (Å²) < 4.78 is 35.9. The highest BCUT2D eigenvalue weighted by molar-refractivity contribution is 5.50. The molecular weight excluding hydrogens is 272 g/mol. The Hall–Kier alpha value is -2.09. The van der Waals surface area contributed by atoms with Gasteiger partial charge in [0.2, 0.25) is 5.89 Å². The monoisotopic (exact) mass is 285 g/mol. The second-order valence-corrected chi connectivity index (χ2v) is 4.04. The van der Waals surface area contributed by atoms with E-state index in [1.54, 1.807) is 19.4 Å². The van der Waals surface area contributed by atoms with Gasteiger partial charge in [-0.2, -0.15) is 8.78 Å². The zero-order valence-electron chi connectivity index (χ0n) is 10.8. The van der Waals surface area contributed by atoms with Crippen LogP contribution in [-0.2, 0) is 11.3 Å². The van der Waals surface area contributed by atoms with E-state index in [-0.39, 0.29) is 11.4 Å². The fourth-order valence-corrected chi connectivity index (χ4v) is 1.64. The molecule has 0 bridgehead atoms. The van der Waals surface area contributed by atoms with Crippen molar-refractivity contribution in [2.45, 2.75) is 19.4 Å². The number of halogens is 2. The molecule has 0 amide bonds. The van der Waals surface area contributed by atoms with E-state index in [4.69, 9.17) is 9.15 Å². The van der Waals surface area contributed by atoms with Crippen LogP contribution in [0.4, 0.5) is 8.78 Å². The summed E-state index contributed by atoms with van der Waals surface area (Å²) in [5.74, 6) is -0.856. The molecule has 0 N–H and O–H groups in total. The normalized spacial score (nSPS) is 11.2. The molecule has 0 aliphatic heterocycles. The molecule has 0 fully saturated rings. The SMILES string of the molecule is COCCCn1ccc(-c2nnc(C(F)F)o2)cc1=O. The van der Waals surface area contributed by atoms with Gasteiger partial charge in [-0.05, 0) is 12.5 Å². The number of aromatic nitrogens is 3. The van der Waals surface area contributed by atoms with Crippen LogP contribution in [0.3, 0.4) is 0 Å². The minimum absolute atomic E-state index is 0.0959. The maximum atomic E-state index is 12.3. The van der Waals surface area contributed by atoms with Gasteiger partial charge in [-0.25, -0.2) is 0 Å². The molecule has 0 saturated carbocycles. The number of methoxy groups -OCH3 is 1. The predicted octanol–water partition coefficient (Wildman–Crippen LogP) is 1.87. The van der Waals surface area contributed by atoms with E-state index in [0.29, 0.717) is 25.1 Å². The lowest BCUT2D eigenvalue weighted by Gasteiger charge is -2.05. The summed E-state index contributed by atoms with van der Waals surface area (Å²) in [6.45, 7) is 1.06. The molecule has 0 unspecified atom stereocenters. The molecule has 20 heavy (non-hydrogen) atoms. The molecule has 2 heterocycles. The largest absolute Gasteiger partial charge is 0.415 e. The Morgan fingerprint density at radius 2 is 2.25 bits per heavy atom. The van der Waals surface area contributed by atoms with E-state index < -0.39 is 12.3 Å². The molecule has 6 nitrogen and oxygen atoms in total. The van der Waals surface area contributed by atoms with Gasteiger partial charge in [0.05, 0.1) is 0 Å². The summed E-state index contributed by atoms with van der Waals surface area (Å²) >= 11 is 0. The number of pyridine rings is 1. The van der Waals surface area contributed by atoms with Crippen molar-refractivity contribution in [2.24, 2.45) is 0 Å². The number of hydrogen-bond donors (Lipinski definition) is 0. The summed E-state index contributed by atoms with van der Waals surface area (Å²) in [7, 11) is 1.59. The molecule has 108 valence electrons. The van der Waals surface area contributed by atoms with Gasteiger partial charge in [0, 0.05) is 38.1 Å². The molecule has 2 aromatic heterocycles. The predicted molar refractivity (Wildman–Crippen MR) is 65.4 cm³/mol. The van der Waals surface area contributed by atoms with E-state index in [9.17, 15) is 13.6 Å². The van der Waals surface area contributed by atoms with Gasteiger partial charge >= 0.3 is 6.43 Å². The molecule has 8 heteroatoms. The quantitative estimate of drug-likeness (QED) is 0.758. The summed E-state index contributed by atoms with van der Waals surface area (Å²) in [6, 6.07) is 2.84. The van der Waals surface area contributed by atoms with Gasteiger partial charge < -0.3 is 13.7 Å². The van der Waals surface area contributed by atoms with Crippen molar-refractivity contribution in [1.29, 1.82) is 0 Å². The number of ether oxygens (including phenoxy) is 1. The first kappa shape index (κ1) is 14.3. The molecule has 0 atom stereocenters. The fourth-order valence-electron chi connectivity index (χ4n) is 1.64. The smallest absolute Gasteiger partial charge is 0.314 e. The highest BCUT2D eigenvalue weighted by Gasteiger charge is 2.17. The van der Waals surface area contributed by atoms with E-state index in [1.807, 2.05) is 0 Å². The number of nitrogens with zero attached hydrogens (tertiary/aromatic N) is 3. The summed E-state index contributed by atoms with van der Waals surface area (Å²) in [6.07, 6.45) is -0.573.